The van der Waals surface area contributed by atoms with E-state index >= 15 is 0 Å². The molecule has 2 rings (SSSR count). The number of hydrogen-bond acceptors (Lipinski definition) is 1. The molecule has 0 aliphatic heterocycles. The minimum absolute atomic E-state index is 0.0867. The molecule has 0 bridgehead atoms. The maximum absolute atomic E-state index is 12.3. The molecule has 2 heteroatoms. The van der Waals surface area contributed by atoms with Gasteiger partial charge in [0.05, 0.1) is 0 Å². The maximum Gasteiger partial charge on any atom is 0.159 e. The Balaban J connectivity index is 0.000000861. The van der Waals surface area contributed by atoms with Crippen molar-refractivity contribution in [2.45, 2.75) is 53.4 Å². The number of Topliss-reactive ketones (excluding diaryl/α,β-unsaturated/α-hetero) is 1. The van der Waals surface area contributed by atoms with Crippen molar-refractivity contribution in [2.75, 3.05) is 5.33 Å². The van der Waals surface area contributed by atoms with E-state index in [-0.39, 0.29) is 5.41 Å². The molecule has 0 aromatic rings. The Kier molecular flexibility index (Phi) is 6.04. The van der Waals surface area contributed by atoms with Crippen molar-refractivity contribution in [3.8, 4) is 0 Å². The van der Waals surface area contributed by atoms with Crippen molar-refractivity contribution in [3.05, 3.63) is 23.8 Å². The summed E-state index contributed by atoms with van der Waals surface area (Å²) in [6, 6.07) is 0. The van der Waals surface area contributed by atoms with E-state index in [4.69, 9.17) is 0 Å². The zero-order valence-corrected chi connectivity index (χ0v) is 14.3. The van der Waals surface area contributed by atoms with Gasteiger partial charge >= 0.3 is 0 Å². The van der Waals surface area contributed by atoms with Gasteiger partial charge in [0.1, 0.15) is 0 Å². The second-order valence-corrected chi connectivity index (χ2v) is 6.39. The monoisotopic (exact) mass is 326 g/mol. The van der Waals surface area contributed by atoms with Gasteiger partial charge in [-0.05, 0) is 42.1 Å². The number of hydrogen-bond donors (Lipinski definition) is 0. The Morgan fingerprint density at radius 2 is 2.16 bits per heavy atom. The van der Waals surface area contributed by atoms with E-state index in [1.807, 2.05) is 13.8 Å². The van der Waals surface area contributed by atoms with Crippen LogP contribution in [-0.4, -0.2) is 11.1 Å². The molecule has 0 heterocycles. The Hall–Kier alpha value is -0.370. The average Bonchev–Trinajstić information content (AvgIpc) is 2.42. The molecule has 0 aromatic carbocycles. The molecule has 1 saturated carbocycles. The molecule has 3 atom stereocenters. The van der Waals surface area contributed by atoms with Gasteiger partial charge in [0.25, 0.3) is 0 Å². The van der Waals surface area contributed by atoms with Gasteiger partial charge in [0, 0.05) is 11.8 Å². The third kappa shape index (κ3) is 3.21. The number of fused-ring (bicyclic) bond motifs is 1. The highest BCUT2D eigenvalue weighted by molar-refractivity contribution is 9.09. The van der Waals surface area contributed by atoms with Crippen LogP contribution < -0.4 is 0 Å². The Labute approximate surface area is 126 Å². The SMILES string of the molecule is C=C(CBr)C1CC(=O)C2=CCCC(C)C2(C)C1.CC. The fourth-order valence-corrected chi connectivity index (χ4v) is 3.81. The second kappa shape index (κ2) is 6.88. The van der Waals surface area contributed by atoms with Gasteiger partial charge in [-0.2, -0.15) is 0 Å². The molecule has 2 aliphatic rings. The lowest BCUT2D eigenvalue weighted by Crippen LogP contribution is -2.41. The van der Waals surface area contributed by atoms with Crippen molar-refractivity contribution < 1.29 is 4.79 Å². The first-order chi connectivity index (χ1) is 8.99. The van der Waals surface area contributed by atoms with Crippen LogP contribution in [0.4, 0.5) is 0 Å². The van der Waals surface area contributed by atoms with Crippen LogP contribution in [0.2, 0.25) is 0 Å². The molecule has 0 N–H and O–H groups in total. The van der Waals surface area contributed by atoms with Gasteiger partial charge in [-0.1, -0.05) is 61.9 Å². The summed E-state index contributed by atoms with van der Waals surface area (Å²) in [4.78, 5) is 12.3. The van der Waals surface area contributed by atoms with E-state index in [0.717, 1.165) is 23.7 Å². The van der Waals surface area contributed by atoms with E-state index in [2.05, 4.69) is 42.4 Å². The zero-order valence-electron chi connectivity index (χ0n) is 12.8. The van der Waals surface area contributed by atoms with E-state index in [1.165, 1.54) is 12.0 Å². The fraction of sp³-hybridized carbons (Fsp3) is 0.706. The van der Waals surface area contributed by atoms with E-state index < -0.39 is 0 Å². The summed E-state index contributed by atoms with van der Waals surface area (Å²) < 4.78 is 0. The molecule has 0 radical (unpaired) electrons. The highest BCUT2D eigenvalue weighted by Gasteiger charge is 2.45. The molecule has 1 nitrogen and oxygen atoms in total. The summed E-state index contributed by atoms with van der Waals surface area (Å²) >= 11 is 3.47. The quantitative estimate of drug-likeness (QED) is 0.496. The minimum atomic E-state index is 0.0867. The summed E-state index contributed by atoms with van der Waals surface area (Å²) in [7, 11) is 0. The van der Waals surface area contributed by atoms with Gasteiger partial charge in [0.2, 0.25) is 0 Å². The van der Waals surface area contributed by atoms with Crippen LogP contribution in [0.15, 0.2) is 23.8 Å². The number of allylic oxidation sites excluding steroid dienone is 3. The predicted molar refractivity (Wildman–Crippen MR) is 86.6 cm³/mol. The lowest BCUT2D eigenvalue weighted by atomic mass is 9.57. The molecular weight excluding hydrogens is 300 g/mol. The summed E-state index contributed by atoms with van der Waals surface area (Å²) in [5.74, 6) is 1.33. The topological polar surface area (TPSA) is 17.1 Å². The van der Waals surface area contributed by atoms with E-state index in [0.29, 0.717) is 24.0 Å². The van der Waals surface area contributed by atoms with Crippen molar-refractivity contribution in [3.63, 3.8) is 0 Å². The smallest absolute Gasteiger partial charge is 0.159 e. The average molecular weight is 327 g/mol. The van der Waals surface area contributed by atoms with Crippen LogP contribution in [0.5, 0.6) is 0 Å². The number of halogens is 1. The van der Waals surface area contributed by atoms with E-state index in [1.54, 1.807) is 0 Å². The predicted octanol–water partition coefficient (Wildman–Crippen LogP) is 5.31. The van der Waals surface area contributed by atoms with Crippen LogP contribution >= 0.6 is 15.9 Å². The highest BCUT2D eigenvalue weighted by Crippen LogP contribution is 2.51. The molecular formula is C17H27BrO. The number of rotatable bonds is 2. The molecule has 19 heavy (non-hydrogen) atoms. The number of ketones is 1. The summed E-state index contributed by atoms with van der Waals surface area (Å²) in [5.41, 5.74) is 2.37. The van der Waals surface area contributed by atoms with Gasteiger partial charge in [-0.3, -0.25) is 4.79 Å². The zero-order chi connectivity index (χ0) is 14.6. The third-order valence-corrected chi connectivity index (χ3v) is 5.52. The molecule has 3 unspecified atom stereocenters. The molecule has 108 valence electrons. The largest absolute Gasteiger partial charge is 0.295 e. The maximum atomic E-state index is 12.3. The van der Waals surface area contributed by atoms with Crippen LogP contribution in [0.3, 0.4) is 0 Å². The van der Waals surface area contributed by atoms with Gasteiger partial charge < -0.3 is 0 Å². The van der Waals surface area contributed by atoms with Crippen LogP contribution in [0.1, 0.15) is 53.4 Å². The van der Waals surface area contributed by atoms with Gasteiger partial charge in [-0.25, -0.2) is 0 Å². The molecule has 0 aromatic heterocycles. The lowest BCUT2D eigenvalue weighted by Gasteiger charge is -2.46. The van der Waals surface area contributed by atoms with Gasteiger partial charge in [0.15, 0.2) is 5.78 Å². The van der Waals surface area contributed by atoms with Gasteiger partial charge in [-0.15, -0.1) is 0 Å². The second-order valence-electron chi connectivity index (χ2n) is 5.83. The third-order valence-electron chi connectivity index (χ3n) is 4.80. The number of carbonyl (C=O) groups is 1. The molecule has 1 fully saturated rings. The molecule has 0 spiro atoms. The summed E-state index contributed by atoms with van der Waals surface area (Å²) in [6.45, 7) is 12.7. The van der Waals surface area contributed by atoms with Crippen LogP contribution in [0.25, 0.3) is 0 Å². The Bertz CT molecular complexity index is 383. The first-order valence-electron chi connectivity index (χ1n) is 7.46. The fourth-order valence-electron chi connectivity index (χ4n) is 3.35. The minimum Gasteiger partial charge on any atom is -0.295 e. The standard InChI is InChI=1S/C15H21BrO.C2H6/c1-10(9-16)12-7-14(17)13-6-4-5-11(2)15(13,3)8-12;1-2/h6,11-12H,1,4-5,7-9H2,2-3H3;1-2H3. The van der Waals surface area contributed by atoms with Crippen LogP contribution in [0, 0.1) is 17.3 Å². The molecule has 0 saturated heterocycles. The highest BCUT2D eigenvalue weighted by atomic mass is 79.9. The Morgan fingerprint density at radius 3 is 2.74 bits per heavy atom. The van der Waals surface area contributed by atoms with Crippen molar-refractivity contribution in [2.24, 2.45) is 17.3 Å². The van der Waals surface area contributed by atoms with Crippen molar-refractivity contribution in [1.29, 1.82) is 0 Å². The number of alkyl halides is 1. The normalized spacial score (nSPS) is 33.7. The van der Waals surface area contributed by atoms with Crippen LogP contribution in [-0.2, 0) is 4.79 Å². The van der Waals surface area contributed by atoms with Crippen molar-refractivity contribution in [1.82, 2.24) is 0 Å². The lowest BCUT2D eigenvalue weighted by molar-refractivity contribution is -0.120. The first kappa shape index (κ1) is 16.7. The number of carbonyl (C=O) groups excluding carboxylic acids is 1. The molecule has 0 amide bonds. The summed E-state index contributed by atoms with van der Waals surface area (Å²) in [6.07, 6.45) is 6.23. The Morgan fingerprint density at radius 1 is 1.53 bits per heavy atom. The van der Waals surface area contributed by atoms with E-state index in [9.17, 15) is 4.79 Å². The summed E-state index contributed by atoms with van der Waals surface area (Å²) in [5, 5.41) is 0.814. The first-order valence-corrected chi connectivity index (χ1v) is 8.58. The van der Waals surface area contributed by atoms with Crippen molar-refractivity contribution >= 4 is 21.7 Å². The molecule has 2 aliphatic carbocycles.